The van der Waals surface area contributed by atoms with E-state index in [1.807, 2.05) is 0 Å². The molecule has 5 heteroatoms. The molecule has 2 heterocycles. The second-order valence-corrected chi connectivity index (χ2v) is 5.28. The van der Waals surface area contributed by atoms with Crippen molar-refractivity contribution in [2.75, 3.05) is 19.6 Å². The minimum atomic E-state index is 0.653. The maximum atomic E-state index is 4.80. The van der Waals surface area contributed by atoms with E-state index < -0.39 is 0 Å². The van der Waals surface area contributed by atoms with Crippen LogP contribution in [0.5, 0.6) is 0 Å². The Kier molecular flexibility index (Phi) is 3.38. The second kappa shape index (κ2) is 5.14. The van der Waals surface area contributed by atoms with Crippen molar-refractivity contribution in [1.82, 2.24) is 20.4 Å². The van der Waals surface area contributed by atoms with Crippen LogP contribution < -0.4 is 5.32 Å². The molecule has 3 rings (SSSR count). The normalized spacial score (nSPS) is 24.6. The number of aromatic nitrogens is 2. The first-order valence-corrected chi connectivity index (χ1v) is 6.61. The van der Waals surface area contributed by atoms with E-state index in [4.69, 9.17) is 4.52 Å². The van der Waals surface area contributed by atoms with E-state index in [0.717, 1.165) is 24.8 Å². The van der Waals surface area contributed by atoms with Crippen LogP contribution in [0, 0.1) is 5.92 Å². The Bertz CT molecular complexity index is 330. The van der Waals surface area contributed by atoms with Crippen LogP contribution in [-0.2, 0) is 6.54 Å². The molecule has 1 aromatic rings. The molecule has 1 aromatic heterocycles. The van der Waals surface area contributed by atoms with Crippen molar-refractivity contribution in [3.8, 4) is 0 Å². The lowest BCUT2D eigenvalue weighted by Crippen LogP contribution is -2.38. The number of nitrogens with one attached hydrogen (secondary N) is 1. The Morgan fingerprint density at radius 3 is 2.94 bits per heavy atom. The molecular weight excluding hydrogens is 216 g/mol. The van der Waals surface area contributed by atoms with Crippen LogP contribution in [-0.4, -0.2) is 40.7 Å². The minimum absolute atomic E-state index is 0.653. The maximum absolute atomic E-state index is 4.80. The molecule has 17 heavy (non-hydrogen) atoms. The summed E-state index contributed by atoms with van der Waals surface area (Å²) in [5, 5.41) is 7.46. The fraction of sp³-hybridized carbons (Fsp3) is 0.833. The van der Waals surface area contributed by atoms with Gasteiger partial charge in [-0.05, 0) is 38.1 Å². The van der Waals surface area contributed by atoms with Crippen molar-refractivity contribution in [2.45, 2.75) is 38.3 Å². The predicted molar refractivity (Wildman–Crippen MR) is 63.3 cm³/mol. The third kappa shape index (κ3) is 3.26. The monoisotopic (exact) mass is 236 g/mol. The average molecular weight is 236 g/mol. The van der Waals surface area contributed by atoms with Gasteiger partial charge in [0.25, 0.3) is 0 Å². The predicted octanol–water partition coefficient (Wildman–Crippen LogP) is 1.03. The lowest BCUT2D eigenvalue weighted by molar-refractivity contribution is 0.223. The van der Waals surface area contributed by atoms with Crippen molar-refractivity contribution in [2.24, 2.45) is 5.92 Å². The first-order valence-electron chi connectivity index (χ1n) is 6.61. The largest absolute Gasteiger partial charge is 0.343 e. The molecule has 0 amide bonds. The molecule has 2 aliphatic rings. The molecule has 0 bridgehead atoms. The smallest absolute Gasteiger partial charge is 0.213 e. The van der Waals surface area contributed by atoms with Gasteiger partial charge >= 0.3 is 0 Å². The molecule has 1 unspecified atom stereocenters. The first-order chi connectivity index (χ1) is 8.40. The summed E-state index contributed by atoms with van der Waals surface area (Å²) in [5.74, 6) is 1.71. The van der Waals surface area contributed by atoms with Gasteiger partial charge in [-0.3, -0.25) is 4.90 Å². The summed E-state index contributed by atoms with van der Waals surface area (Å²) in [4.78, 5) is 6.60. The van der Waals surface area contributed by atoms with Gasteiger partial charge in [0.05, 0.1) is 6.54 Å². The van der Waals surface area contributed by atoms with E-state index in [0.29, 0.717) is 6.04 Å². The van der Waals surface area contributed by atoms with E-state index in [1.165, 1.54) is 45.2 Å². The number of hydrogen-bond donors (Lipinski definition) is 1. The topological polar surface area (TPSA) is 54.2 Å². The summed E-state index contributed by atoms with van der Waals surface area (Å²) < 4.78 is 4.80. The zero-order valence-corrected chi connectivity index (χ0v) is 10.1. The average Bonchev–Trinajstić information content (AvgIpc) is 2.82. The molecule has 2 fully saturated rings. The van der Waals surface area contributed by atoms with Gasteiger partial charge in [0.2, 0.25) is 6.39 Å². The first kappa shape index (κ1) is 11.2. The number of nitrogens with zero attached hydrogens (tertiary/aromatic N) is 3. The summed E-state index contributed by atoms with van der Waals surface area (Å²) in [6.07, 6.45) is 6.80. The molecule has 1 saturated heterocycles. The van der Waals surface area contributed by atoms with Crippen LogP contribution in [0.2, 0.25) is 0 Å². The van der Waals surface area contributed by atoms with E-state index >= 15 is 0 Å². The summed E-state index contributed by atoms with van der Waals surface area (Å²) in [5.41, 5.74) is 0. The van der Waals surface area contributed by atoms with Gasteiger partial charge in [0.1, 0.15) is 0 Å². The highest BCUT2D eigenvalue weighted by Gasteiger charge is 2.27. The van der Waals surface area contributed by atoms with Gasteiger partial charge in [-0.25, -0.2) is 0 Å². The maximum Gasteiger partial charge on any atom is 0.213 e. The van der Waals surface area contributed by atoms with E-state index in [-0.39, 0.29) is 0 Å². The zero-order chi connectivity index (χ0) is 11.5. The SMILES string of the molecule is c1nc(CN(CC2CC2)CC2CCCN2)no1. The molecule has 0 spiro atoms. The molecule has 1 atom stereocenters. The Balaban J connectivity index is 1.55. The van der Waals surface area contributed by atoms with Gasteiger partial charge < -0.3 is 9.84 Å². The van der Waals surface area contributed by atoms with Crippen LogP contribution in [0.25, 0.3) is 0 Å². The molecular formula is C12H20N4O. The van der Waals surface area contributed by atoms with Crippen molar-refractivity contribution in [3.05, 3.63) is 12.2 Å². The number of rotatable bonds is 6. The van der Waals surface area contributed by atoms with Crippen LogP contribution in [0.3, 0.4) is 0 Å². The van der Waals surface area contributed by atoms with Crippen molar-refractivity contribution >= 4 is 0 Å². The summed E-state index contributed by atoms with van der Waals surface area (Å²) in [6.45, 7) is 4.30. The fourth-order valence-electron chi connectivity index (χ4n) is 2.56. The standard InChI is InChI=1S/C12H20N4O/c1-2-11(13-5-1)7-16(6-10-3-4-10)8-12-14-9-17-15-12/h9-11,13H,1-8H2. The highest BCUT2D eigenvalue weighted by Crippen LogP contribution is 2.30. The van der Waals surface area contributed by atoms with E-state index in [2.05, 4.69) is 20.4 Å². The van der Waals surface area contributed by atoms with Gasteiger partial charge in [-0.2, -0.15) is 4.98 Å². The molecule has 1 saturated carbocycles. The molecule has 94 valence electrons. The fourth-order valence-corrected chi connectivity index (χ4v) is 2.56. The van der Waals surface area contributed by atoms with Crippen LogP contribution in [0.4, 0.5) is 0 Å². The third-order valence-electron chi connectivity index (χ3n) is 3.63. The highest BCUT2D eigenvalue weighted by atomic mass is 16.5. The molecule has 0 aromatic carbocycles. The summed E-state index contributed by atoms with van der Waals surface area (Å²) >= 11 is 0. The quantitative estimate of drug-likeness (QED) is 0.799. The van der Waals surface area contributed by atoms with Gasteiger partial charge in [-0.15, -0.1) is 0 Å². The molecule has 1 N–H and O–H groups in total. The molecule has 1 aliphatic carbocycles. The van der Waals surface area contributed by atoms with Gasteiger partial charge in [-0.1, -0.05) is 5.16 Å². The van der Waals surface area contributed by atoms with Gasteiger partial charge in [0, 0.05) is 19.1 Å². The molecule has 5 nitrogen and oxygen atoms in total. The highest BCUT2D eigenvalue weighted by molar-refractivity contribution is 4.86. The van der Waals surface area contributed by atoms with Crippen LogP contribution in [0.15, 0.2) is 10.9 Å². The lowest BCUT2D eigenvalue weighted by Gasteiger charge is -2.24. The van der Waals surface area contributed by atoms with Crippen LogP contribution in [0.1, 0.15) is 31.5 Å². The van der Waals surface area contributed by atoms with Crippen molar-refractivity contribution < 1.29 is 4.52 Å². The number of hydrogen-bond acceptors (Lipinski definition) is 5. The Morgan fingerprint density at radius 1 is 1.35 bits per heavy atom. The van der Waals surface area contributed by atoms with Crippen molar-refractivity contribution in [3.63, 3.8) is 0 Å². The van der Waals surface area contributed by atoms with E-state index in [9.17, 15) is 0 Å². The lowest BCUT2D eigenvalue weighted by atomic mass is 10.2. The Hall–Kier alpha value is -0.940. The second-order valence-electron chi connectivity index (χ2n) is 5.28. The van der Waals surface area contributed by atoms with Crippen LogP contribution >= 0.6 is 0 Å². The summed E-state index contributed by atoms with van der Waals surface area (Å²) in [7, 11) is 0. The minimum Gasteiger partial charge on any atom is -0.343 e. The Morgan fingerprint density at radius 2 is 2.29 bits per heavy atom. The molecule has 1 aliphatic heterocycles. The summed E-state index contributed by atoms with van der Waals surface area (Å²) in [6, 6.07) is 0.653. The Labute approximate surface area is 102 Å². The zero-order valence-electron chi connectivity index (χ0n) is 10.1. The van der Waals surface area contributed by atoms with Gasteiger partial charge in [0.15, 0.2) is 5.82 Å². The third-order valence-corrected chi connectivity index (χ3v) is 3.63. The molecule has 0 radical (unpaired) electrons. The van der Waals surface area contributed by atoms with E-state index in [1.54, 1.807) is 0 Å². The van der Waals surface area contributed by atoms with Crippen molar-refractivity contribution in [1.29, 1.82) is 0 Å².